The SMILES string of the molecule is Cc1c(C(C)NC(=O)CCCCO)cnn1C. The normalized spacial score (nSPS) is 12.5. The molecule has 1 heterocycles. The standard InChI is InChI=1S/C12H21N3O2/c1-9(11-8-13-15(3)10(11)2)14-12(17)6-4-5-7-16/h8-9,16H,4-7H2,1-3H3,(H,14,17). The van der Waals surface area contributed by atoms with Crippen molar-refractivity contribution in [3.63, 3.8) is 0 Å². The Kier molecular flexibility index (Phi) is 5.15. The maximum Gasteiger partial charge on any atom is 0.220 e. The molecule has 5 heteroatoms. The number of aryl methyl sites for hydroxylation is 1. The second-order valence-electron chi connectivity index (χ2n) is 4.28. The first-order valence-electron chi connectivity index (χ1n) is 5.95. The number of hydrogen-bond acceptors (Lipinski definition) is 3. The summed E-state index contributed by atoms with van der Waals surface area (Å²) in [6, 6.07) is -0.0228. The summed E-state index contributed by atoms with van der Waals surface area (Å²) in [5.74, 6) is 0.0224. The molecule has 1 aromatic rings. The van der Waals surface area contributed by atoms with Crippen LogP contribution in [0.25, 0.3) is 0 Å². The lowest BCUT2D eigenvalue weighted by atomic mass is 10.1. The van der Waals surface area contributed by atoms with E-state index in [2.05, 4.69) is 10.4 Å². The van der Waals surface area contributed by atoms with E-state index in [1.54, 1.807) is 10.9 Å². The van der Waals surface area contributed by atoms with Gasteiger partial charge in [0.05, 0.1) is 12.2 Å². The van der Waals surface area contributed by atoms with E-state index < -0.39 is 0 Å². The number of aliphatic hydroxyl groups is 1. The third kappa shape index (κ3) is 3.85. The predicted octanol–water partition coefficient (Wildman–Crippen LogP) is 1.07. The number of aromatic nitrogens is 2. The van der Waals surface area contributed by atoms with Crippen LogP contribution in [0.4, 0.5) is 0 Å². The van der Waals surface area contributed by atoms with E-state index in [1.807, 2.05) is 20.9 Å². The maximum atomic E-state index is 11.6. The van der Waals surface area contributed by atoms with Crippen molar-refractivity contribution in [1.82, 2.24) is 15.1 Å². The van der Waals surface area contributed by atoms with E-state index in [0.717, 1.165) is 17.7 Å². The summed E-state index contributed by atoms with van der Waals surface area (Å²) in [5, 5.41) is 15.7. The number of carbonyl (C=O) groups excluding carboxylic acids is 1. The zero-order chi connectivity index (χ0) is 12.8. The molecule has 5 nitrogen and oxygen atoms in total. The minimum Gasteiger partial charge on any atom is -0.396 e. The summed E-state index contributed by atoms with van der Waals surface area (Å²) in [7, 11) is 1.88. The molecule has 0 aliphatic carbocycles. The molecular formula is C12H21N3O2. The number of unbranched alkanes of at least 4 members (excludes halogenated alkanes) is 1. The van der Waals surface area contributed by atoms with Crippen LogP contribution in [0.15, 0.2) is 6.20 Å². The van der Waals surface area contributed by atoms with Gasteiger partial charge in [0.2, 0.25) is 5.91 Å². The molecule has 0 fully saturated rings. The highest BCUT2D eigenvalue weighted by Gasteiger charge is 2.13. The molecule has 1 atom stereocenters. The summed E-state index contributed by atoms with van der Waals surface area (Å²) in [6.07, 6.45) is 3.65. The minimum absolute atomic E-state index is 0.0224. The topological polar surface area (TPSA) is 67.2 Å². The van der Waals surface area contributed by atoms with Crippen LogP contribution in [-0.2, 0) is 11.8 Å². The minimum atomic E-state index is -0.0228. The average molecular weight is 239 g/mol. The van der Waals surface area contributed by atoms with E-state index in [1.165, 1.54) is 0 Å². The summed E-state index contributed by atoms with van der Waals surface area (Å²) < 4.78 is 1.80. The van der Waals surface area contributed by atoms with Crippen LogP contribution in [0.1, 0.15) is 43.5 Å². The van der Waals surface area contributed by atoms with Crippen molar-refractivity contribution >= 4 is 5.91 Å². The molecule has 0 aliphatic heterocycles. The van der Waals surface area contributed by atoms with Gasteiger partial charge >= 0.3 is 0 Å². The van der Waals surface area contributed by atoms with Gasteiger partial charge in [0.25, 0.3) is 0 Å². The van der Waals surface area contributed by atoms with Gasteiger partial charge in [-0.1, -0.05) is 0 Å². The lowest BCUT2D eigenvalue weighted by Crippen LogP contribution is -2.26. The Hall–Kier alpha value is -1.36. The number of amides is 1. The van der Waals surface area contributed by atoms with E-state index in [0.29, 0.717) is 12.8 Å². The van der Waals surface area contributed by atoms with Crippen molar-refractivity contribution < 1.29 is 9.90 Å². The maximum absolute atomic E-state index is 11.6. The highest BCUT2D eigenvalue weighted by molar-refractivity contribution is 5.76. The first-order valence-corrected chi connectivity index (χ1v) is 5.95. The Morgan fingerprint density at radius 2 is 2.29 bits per heavy atom. The predicted molar refractivity (Wildman–Crippen MR) is 65.4 cm³/mol. The van der Waals surface area contributed by atoms with Crippen LogP contribution >= 0.6 is 0 Å². The highest BCUT2D eigenvalue weighted by Crippen LogP contribution is 2.16. The fraction of sp³-hybridized carbons (Fsp3) is 0.667. The van der Waals surface area contributed by atoms with Gasteiger partial charge in [-0.25, -0.2) is 0 Å². The molecule has 2 N–H and O–H groups in total. The van der Waals surface area contributed by atoms with E-state index in [4.69, 9.17) is 5.11 Å². The zero-order valence-corrected chi connectivity index (χ0v) is 10.7. The Morgan fingerprint density at radius 3 is 2.82 bits per heavy atom. The zero-order valence-electron chi connectivity index (χ0n) is 10.7. The van der Waals surface area contributed by atoms with E-state index in [9.17, 15) is 4.79 Å². The van der Waals surface area contributed by atoms with Gasteiger partial charge in [0.1, 0.15) is 0 Å². The number of carbonyl (C=O) groups is 1. The van der Waals surface area contributed by atoms with Crippen molar-refractivity contribution in [2.45, 2.75) is 39.2 Å². The fourth-order valence-electron chi connectivity index (χ4n) is 1.73. The lowest BCUT2D eigenvalue weighted by Gasteiger charge is -2.13. The highest BCUT2D eigenvalue weighted by atomic mass is 16.2. The molecule has 0 radical (unpaired) electrons. The van der Waals surface area contributed by atoms with Crippen LogP contribution in [0.3, 0.4) is 0 Å². The summed E-state index contributed by atoms with van der Waals surface area (Å²) in [4.78, 5) is 11.6. The second-order valence-corrected chi connectivity index (χ2v) is 4.28. The largest absolute Gasteiger partial charge is 0.396 e. The summed E-state index contributed by atoms with van der Waals surface area (Å²) in [6.45, 7) is 4.08. The van der Waals surface area contributed by atoms with Gasteiger partial charge in [0, 0.05) is 31.3 Å². The molecule has 0 aliphatic rings. The molecule has 1 aromatic heterocycles. The monoisotopic (exact) mass is 239 g/mol. The number of nitrogens with zero attached hydrogens (tertiary/aromatic N) is 2. The fourth-order valence-corrected chi connectivity index (χ4v) is 1.73. The number of aliphatic hydroxyl groups excluding tert-OH is 1. The first kappa shape index (κ1) is 13.7. The Labute approximate surface area is 102 Å². The third-order valence-electron chi connectivity index (χ3n) is 2.93. The third-order valence-corrected chi connectivity index (χ3v) is 2.93. The van der Waals surface area contributed by atoms with Crippen LogP contribution in [0.5, 0.6) is 0 Å². The van der Waals surface area contributed by atoms with Crippen LogP contribution in [0.2, 0.25) is 0 Å². The van der Waals surface area contributed by atoms with E-state index >= 15 is 0 Å². The molecule has 1 amide bonds. The molecule has 0 spiro atoms. The molecule has 0 saturated carbocycles. The molecule has 0 bridgehead atoms. The van der Waals surface area contributed by atoms with Gasteiger partial charge in [-0.3, -0.25) is 9.48 Å². The van der Waals surface area contributed by atoms with Gasteiger partial charge in [-0.15, -0.1) is 0 Å². The van der Waals surface area contributed by atoms with Gasteiger partial charge in [0.15, 0.2) is 0 Å². The van der Waals surface area contributed by atoms with Crippen LogP contribution < -0.4 is 5.32 Å². The Balaban J connectivity index is 2.46. The summed E-state index contributed by atoms with van der Waals surface area (Å²) >= 11 is 0. The summed E-state index contributed by atoms with van der Waals surface area (Å²) in [5.41, 5.74) is 2.11. The van der Waals surface area contributed by atoms with Crippen LogP contribution in [-0.4, -0.2) is 27.4 Å². The molecule has 0 saturated heterocycles. The second kappa shape index (κ2) is 6.39. The van der Waals surface area contributed by atoms with Crippen molar-refractivity contribution in [3.8, 4) is 0 Å². The number of nitrogens with one attached hydrogen (secondary N) is 1. The van der Waals surface area contributed by atoms with Crippen molar-refractivity contribution in [1.29, 1.82) is 0 Å². The Morgan fingerprint density at radius 1 is 1.59 bits per heavy atom. The number of hydrogen-bond donors (Lipinski definition) is 2. The molecule has 17 heavy (non-hydrogen) atoms. The van der Waals surface area contributed by atoms with E-state index in [-0.39, 0.29) is 18.6 Å². The molecule has 1 unspecified atom stereocenters. The lowest BCUT2D eigenvalue weighted by molar-refractivity contribution is -0.121. The van der Waals surface area contributed by atoms with Gasteiger partial charge in [-0.05, 0) is 26.7 Å². The van der Waals surface area contributed by atoms with Crippen molar-refractivity contribution in [3.05, 3.63) is 17.5 Å². The molecule has 1 rings (SSSR count). The van der Waals surface area contributed by atoms with Gasteiger partial charge in [-0.2, -0.15) is 5.10 Å². The molecule has 96 valence electrons. The van der Waals surface area contributed by atoms with Gasteiger partial charge < -0.3 is 10.4 Å². The first-order chi connectivity index (χ1) is 8.06. The molecule has 0 aromatic carbocycles. The average Bonchev–Trinajstić information content (AvgIpc) is 2.60. The number of rotatable bonds is 6. The molecular weight excluding hydrogens is 218 g/mol. The Bertz CT molecular complexity index is 374. The van der Waals surface area contributed by atoms with Crippen molar-refractivity contribution in [2.75, 3.05) is 6.61 Å². The quantitative estimate of drug-likeness (QED) is 0.730. The smallest absolute Gasteiger partial charge is 0.220 e. The van der Waals surface area contributed by atoms with Crippen molar-refractivity contribution in [2.24, 2.45) is 7.05 Å². The van der Waals surface area contributed by atoms with Crippen LogP contribution in [0, 0.1) is 6.92 Å².